The summed E-state index contributed by atoms with van der Waals surface area (Å²) in [4.78, 5) is 43.0. The zero-order valence-corrected chi connectivity index (χ0v) is 28.5. The van der Waals surface area contributed by atoms with E-state index >= 15 is 0 Å². The number of anilines is 2. The first-order valence-electron chi connectivity index (χ1n) is 15.4. The predicted octanol–water partition coefficient (Wildman–Crippen LogP) is 7.19. The Morgan fingerprint density at radius 3 is 2.19 bits per heavy atom. The maximum absolute atomic E-state index is 13.4. The molecule has 2 amide bonds. The highest BCUT2D eigenvalue weighted by atomic mass is 32.1. The number of carbonyl (C=O) groups is 2. The maximum Gasteiger partial charge on any atom is 0.421 e. The van der Waals surface area contributed by atoms with E-state index < -0.39 is 35.1 Å². The molecule has 13 heteroatoms. The fourth-order valence-electron chi connectivity index (χ4n) is 5.31. The van der Waals surface area contributed by atoms with E-state index in [1.54, 1.807) is 29.2 Å². The third kappa shape index (κ3) is 7.80. The average Bonchev–Trinajstić information content (AvgIpc) is 3.44. The third-order valence-corrected chi connectivity index (χ3v) is 8.52. The topological polar surface area (TPSA) is 136 Å². The number of thiazole rings is 1. The van der Waals surface area contributed by atoms with Gasteiger partial charge in [-0.2, -0.15) is 0 Å². The van der Waals surface area contributed by atoms with Crippen LogP contribution in [0.4, 0.5) is 20.4 Å². The predicted molar refractivity (Wildman–Crippen MR) is 178 cm³/mol. The number of carbonyl (C=O) groups excluding carboxylic acids is 2. The summed E-state index contributed by atoms with van der Waals surface area (Å²) in [5, 5.41) is 11.6. The molecule has 1 fully saturated rings. The normalized spacial score (nSPS) is 15.6. The number of amides is 2. The highest BCUT2D eigenvalue weighted by Gasteiger charge is 2.47. The number of aliphatic hydroxyl groups is 1. The Labute approximate surface area is 278 Å². The number of fused-ring (bicyclic) bond motifs is 1. The Morgan fingerprint density at radius 1 is 0.936 bits per heavy atom. The molecule has 1 aliphatic heterocycles. The van der Waals surface area contributed by atoms with E-state index in [0.717, 1.165) is 10.2 Å². The van der Waals surface area contributed by atoms with Crippen molar-refractivity contribution in [2.45, 2.75) is 77.3 Å². The van der Waals surface area contributed by atoms with Crippen LogP contribution < -0.4 is 9.64 Å². The molecule has 2 aromatic carbocycles. The number of aliphatic hydroxyl groups excluding tert-OH is 1. The monoisotopic (exact) mass is 663 g/mol. The number of benzene rings is 2. The first-order chi connectivity index (χ1) is 22.2. The quantitative estimate of drug-likeness (QED) is 0.202. The minimum Gasteiger partial charge on any atom is -0.444 e. The van der Waals surface area contributed by atoms with Gasteiger partial charge in [-0.1, -0.05) is 23.5 Å². The standard InChI is InChI=1S/C34H41N5O7S/c1-32(2,3)45-30(41)38-20-16-34(17-21-38,28(40)43-7)26-27(36-19-18-35-26)44-23-14-12-22(13-15-23)39(31(42)46-33(4,5)6)29-37-24-10-8-9-11-25(24)47-29/h8-15,18-19,28,40H,16-17,20-21H2,1-7H3. The minimum atomic E-state index is -1.24. The molecular weight excluding hydrogens is 622 g/mol. The van der Waals surface area contributed by atoms with Gasteiger partial charge >= 0.3 is 12.2 Å². The second-order valence-electron chi connectivity index (χ2n) is 13.3. The van der Waals surface area contributed by atoms with Crippen LogP contribution in [0.1, 0.15) is 60.1 Å². The lowest BCUT2D eigenvalue weighted by atomic mass is 9.74. The second kappa shape index (κ2) is 13.4. The second-order valence-corrected chi connectivity index (χ2v) is 14.3. The van der Waals surface area contributed by atoms with Gasteiger partial charge < -0.3 is 29.0 Å². The van der Waals surface area contributed by atoms with Gasteiger partial charge in [0.25, 0.3) is 0 Å². The Hall–Kier alpha value is -4.33. The van der Waals surface area contributed by atoms with Crippen molar-refractivity contribution in [2.24, 2.45) is 0 Å². The van der Waals surface area contributed by atoms with Crippen molar-refractivity contribution in [1.82, 2.24) is 19.9 Å². The van der Waals surface area contributed by atoms with Crippen molar-refractivity contribution in [1.29, 1.82) is 0 Å². The van der Waals surface area contributed by atoms with Crippen LogP contribution in [0, 0.1) is 0 Å². The SMILES string of the molecule is COC(O)C1(c2nccnc2Oc2ccc(N(C(=O)OC(C)(C)C)c3nc4ccccc4s3)cc2)CCN(C(=O)OC(C)(C)C)CC1. The molecule has 12 nitrogen and oxygen atoms in total. The summed E-state index contributed by atoms with van der Waals surface area (Å²) in [5.74, 6) is 0.620. The van der Waals surface area contributed by atoms with Gasteiger partial charge in [-0.15, -0.1) is 0 Å². The number of likely N-dealkylation sites (tertiary alicyclic amines) is 1. The van der Waals surface area contributed by atoms with Crippen molar-refractivity contribution in [3.8, 4) is 11.6 Å². The van der Waals surface area contributed by atoms with Crippen molar-refractivity contribution in [3.63, 3.8) is 0 Å². The summed E-state index contributed by atoms with van der Waals surface area (Å²) in [5.41, 5.74) is -0.629. The Kier molecular flexibility index (Phi) is 9.71. The first-order valence-corrected chi connectivity index (χ1v) is 16.2. The minimum absolute atomic E-state index is 0.192. The van der Waals surface area contributed by atoms with Gasteiger partial charge in [-0.3, -0.25) is 4.98 Å². The molecule has 1 N–H and O–H groups in total. The molecular formula is C34H41N5O7S. The molecule has 4 aromatic rings. The highest BCUT2D eigenvalue weighted by molar-refractivity contribution is 7.22. The highest BCUT2D eigenvalue weighted by Crippen LogP contribution is 2.43. The zero-order chi connectivity index (χ0) is 34.0. The van der Waals surface area contributed by atoms with Crippen LogP contribution in [0.5, 0.6) is 11.6 Å². The van der Waals surface area contributed by atoms with Crippen LogP contribution in [0.15, 0.2) is 60.9 Å². The van der Waals surface area contributed by atoms with Crippen molar-refractivity contribution >= 4 is 44.6 Å². The van der Waals surface area contributed by atoms with Gasteiger partial charge in [0.1, 0.15) is 22.6 Å². The molecule has 2 aromatic heterocycles. The summed E-state index contributed by atoms with van der Waals surface area (Å²) in [6.07, 6.45) is 1.50. The Morgan fingerprint density at radius 2 is 1.57 bits per heavy atom. The Bertz CT molecular complexity index is 1670. The molecule has 1 aliphatic rings. The number of aromatic nitrogens is 3. The van der Waals surface area contributed by atoms with Crippen molar-refractivity contribution < 1.29 is 33.6 Å². The van der Waals surface area contributed by atoms with Gasteiger partial charge in [0.2, 0.25) is 11.0 Å². The van der Waals surface area contributed by atoms with Crippen LogP contribution in [0.2, 0.25) is 0 Å². The largest absolute Gasteiger partial charge is 0.444 e. The summed E-state index contributed by atoms with van der Waals surface area (Å²) >= 11 is 1.38. The first kappa shape index (κ1) is 34.0. The van der Waals surface area contributed by atoms with Gasteiger partial charge in [-0.25, -0.2) is 24.5 Å². The molecule has 0 aliphatic carbocycles. The maximum atomic E-state index is 13.4. The molecule has 5 rings (SSSR count). The van der Waals surface area contributed by atoms with Crippen molar-refractivity contribution in [3.05, 3.63) is 66.6 Å². The molecule has 1 unspecified atom stereocenters. The summed E-state index contributed by atoms with van der Waals surface area (Å²) in [6.45, 7) is 11.5. The van der Waals surface area contributed by atoms with E-state index in [-0.39, 0.29) is 5.88 Å². The number of hydrogen-bond acceptors (Lipinski definition) is 11. The van der Waals surface area contributed by atoms with Gasteiger partial charge in [0.05, 0.1) is 21.3 Å². The molecule has 250 valence electrons. The lowest BCUT2D eigenvalue weighted by Gasteiger charge is -2.43. The van der Waals surface area contributed by atoms with E-state index in [1.807, 2.05) is 65.8 Å². The van der Waals surface area contributed by atoms with Crippen LogP contribution in [-0.4, -0.2) is 74.8 Å². The molecule has 0 saturated carbocycles. The molecule has 0 bridgehead atoms. The molecule has 0 radical (unpaired) electrons. The summed E-state index contributed by atoms with van der Waals surface area (Å²) < 4.78 is 23.9. The zero-order valence-electron chi connectivity index (χ0n) is 27.7. The number of rotatable bonds is 7. The third-order valence-electron chi connectivity index (χ3n) is 7.50. The van der Waals surface area contributed by atoms with Crippen LogP contribution in [-0.2, 0) is 19.6 Å². The van der Waals surface area contributed by atoms with Crippen LogP contribution >= 0.6 is 11.3 Å². The smallest absolute Gasteiger partial charge is 0.421 e. The van der Waals surface area contributed by atoms with E-state index in [0.29, 0.717) is 48.2 Å². The molecule has 1 saturated heterocycles. The van der Waals surface area contributed by atoms with E-state index in [2.05, 4.69) is 15.0 Å². The van der Waals surface area contributed by atoms with Gasteiger partial charge in [0.15, 0.2) is 6.29 Å². The van der Waals surface area contributed by atoms with Crippen molar-refractivity contribution in [2.75, 3.05) is 25.1 Å². The van der Waals surface area contributed by atoms with Crippen LogP contribution in [0.25, 0.3) is 10.2 Å². The molecule has 47 heavy (non-hydrogen) atoms. The van der Waals surface area contributed by atoms with E-state index in [4.69, 9.17) is 18.9 Å². The number of para-hydroxylation sites is 1. The lowest BCUT2D eigenvalue weighted by Crippen LogP contribution is -2.52. The van der Waals surface area contributed by atoms with Crippen LogP contribution in [0.3, 0.4) is 0 Å². The number of piperidine rings is 1. The lowest BCUT2D eigenvalue weighted by molar-refractivity contribution is -0.142. The van der Waals surface area contributed by atoms with Gasteiger partial charge in [-0.05, 0) is 90.8 Å². The summed E-state index contributed by atoms with van der Waals surface area (Å²) in [7, 11) is 1.42. The number of ether oxygens (including phenoxy) is 4. The molecule has 3 heterocycles. The fraction of sp³-hybridized carbons (Fsp3) is 0.441. The fourth-order valence-corrected chi connectivity index (χ4v) is 6.29. The number of hydrogen-bond donors (Lipinski definition) is 1. The van der Waals surface area contributed by atoms with E-state index in [9.17, 15) is 14.7 Å². The number of methoxy groups -OCH3 is 1. The Balaban J connectivity index is 1.41. The average molecular weight is 664 g/mol. The summed E-state index contributed by atoms with van der Waals surface area (Å²) in [6, 6.07) is 14.6. The molecule has 1 atom stereocenters. The number of nitrogens with zero attached hydrogens (tertiary/aromatic N) is 5. The molecule has 0 spiro atoms. The van der Waals surface area contributed by atoms with E-state index in [1.165, 1.54) is 35.7 Å². The van der Waals surface area contributed by atoms with Gasteiger partial charge in [0, 0.05) is 32.6 Å².